The topological polar surface area (TPSA) is 98.7 Å². The minimum absolute atomic E-state index is 0.00780. The molecule has 0 bridgehead atoms. The van der Waals surface area contributed by atoms with Crippen LogP contribution in [0.4, 0.5) is 5.69 Å². The molecule has 0 saturated carbocycles. The molecule has 4 N–H and O–H groups in total. The summed E-state index contributed by atoms with van der Waals surface area (Å²) in [5.74, 6) is -1.86. The Bertz CT molecular complexity index is 457. The molecular weight excluding hydrogens is 236 g/mol. The van der Waals surface area contributed by atoms with Crippen LogP contribution >= 0.6 is 0 Å². The van der Waals surface area contributed by atoms with E-state index in [2.05, 4.69) is 10.6 Å². The number of aryl methyl sites for hydroxylation is 1. The molecule has 1 rings (SSSR count). The molecule has 1 aromatic carbocycles. The Morgan fingerprint density at radius 3 is 2.56 bits per heavy atom. The van der Waals surface area contributed by atoms with Gasteiger partial charge in [0, 0.05) is 6.54 Å². The Labute approximate surface area is 105 Å². The van der Waals surface area contributed by atoms with Gasteiger partial charge in [-0.2, -0.15) is 0 Å². The number of phenolic OH excluding ortho intramolecular Hbond substituents is 1. The average molecular weight is 252 g/mol. The van der Waals surface area contributed by atoms with E-state index in [-0.39, 0.29) is 18.0 Å². The molecule has 1 unspecified atom stereocenters. The molecule has 0 heterocycles. The highest BCUT2D eigenvalue weighted by Crippen LogP contribution is 2.23. The van der Waals surface area contributed by atoms with E-state index in [0.717, 1.165) is 5.56 Å². The molecule has 0 fully saturated rings. The number of rotatable bonds is 3. The summed E-state index contributed by atoms with van der Waals surface area (Å²) in [7, 11) is 0. The molecule has 18 heavy (non-hydrogen) atoms. The van der Waals surface area contributed by atoms with Crippen molar-refractivity contribution >= 4 is 17.5 Å². The first-order chi connectivity index (χ1) is 8.40. The first-order valence-corrected chi connectivity index (χ1v) is 5.47. The lowest BCUT2D eigenvalue weighted by atomic mass is 10.2. The molecule has 2 amide bonds. The monoisotopic (exact) mass is 252 g/mol. The predicted octanol–water partition coefficient (Wildman–Crippen LogP) is 0.136. The zero-order valence-electron chi connectivity index (χ0n) is 10.2. The van der Waals surface area contributed by atoms with Crippen LogP contribution in [-0.4, -0.2) is 34.7 Å². The van der Waals surface area contributed by atoms with Crippen molar-refractivity contribution in [3.63, 3.8) is 0 Å². The van der Waals surface area contributed by atoms with Crippen molar-refractivity contribution in [1.82, 2.24) is 5.32 Å². The highest BCUT2D eigenvalue weighted by Gasteiger charge is 2.15. The molecule has 0 aliphatic heterocycles. The van der Waals surface area contributed by atoms with Gasteiger partial charge in [-0.3, -0.25) is 9.59 Å². The fourth-order valence-electron chi connectivity index (χ4n) is 1.25. The molecule has 0 saturated heterocycles. The first kappa shape index (κ1) is 14.0. The second-order valence-corrected chi connectivity index (χ2v) is 4.03. The molecule has 0 aliphatic carbocycles. The average Bonchev–Trinajstić information content (AvgIpc) is 2.29. The number of carbonyl (C=O) groups excluding carboxylic acids is 2. The number of aliphatic hydroxyl groups excluding tert-OH is 1. The number of carbonyl (C=O) groups is 2. The van der Waals surface area contributed by atoms with Crippen LogP contribution in [0.5, 0.6) is 5.75 Å². The lowest BCUT2D eigenvalue weighted by molar-refractivity contribution is -0.136. The molecule has 1 atom stereocenters. The summed E-state index contributed by atoms with van der Waals surface area (Å²) in [6.07, 6.45) is -0.727. The summed E-state index contributed by atoms with van der Waals surface area (Å²) in [6.45, 7) is 3.27. The molecular formula is C12H16N2O4. The normalized spacial score (nSPS) is 11.7. The number of benzene rings is 1. The van der Waals surface area contributed by atoms with Crippen LogP contribution in [0.3, 0.4) is 0 Å². The Kier molecular flexibility index (Phi) is 4.67. The second kappa shape index (κ2) is 6.02. The van der Waals surface area contributed by atoms with Crippen LogP contribution in [0.25, 0.3) is 0 Å². The van der Waals surface area contributed by atoms with Crippen LogP contribution in [0, 0.1) is 6.92 Å². The first-order valence-electron chi connectivity index (χ1n) is 5.47. The molecule has 1 aromatic rings. The minimum Gasteiger partial charge on any atom is -0.506 e. The highest BCUT2D eigenvalue weighted by molar-refractivity contribution is 6.39. The van der Waals surface area contributed by atoms with E-state index < -0.39 is 17.9 Å². The van der Waals surface area contributed by atoms with E-state index in [1.807, 2.05) is 0 Å². The van der Waals surface area contributed by atoms with Crippen molar-refractivity contribution < 1.29 is 19.8 Å². The van der Waals surface area contributed by atoms with Crippen molar-refractivity contribution in [2.45, 2.75) is 20.0 Å². The Hall–Kier alpha value is -2.08. The van der Waals surface area contributed by atoms with Crippen molar-refractivity contribution in [3.8, 4) is 5.75 Å². The van der Waals surface area contributed by atoms with Crippen molar-refractivity contribution in [2.24, 2.45) is 0 Å². The van der Waals surface area contributed by atoms with E-state index in [1.165, 1.54) is 19.1 Å². The van der Waals surface area contributed by atoms with Crippen LogP contribution in [-0.2, 0) is 9.59 Å². The summed E-state index contributed by atoms with van der Waals surface area (Å²) < 4.78 is 0. The quantitative estimate of drug-likeness (QED) is 0.454. The lowest BCUT2D eigenvalue weighted by Gasteiger charge is -2.09. The zero-order chi connectivity index (χ0) is 13.7. The van der Waals surface area contributed by atoms with Crippen molar-refractivity contribution in [1.29, 1.82) is 0 Å². The van der Waals surface area contributed by atoms with Gasteiger partial charge < -0.3 is 20.8 Å². The number of aliphatic hydroxyl groups is 1. The Morgan fingerprint density at radius 1 is 1.33 bits per heavy atom. The third-order valence-electron chi connectivity index (χ3n) is 2.17. The molecule has 0 aliphatic rings. The Morgan fingerprint density at radius 2 is 2.00 bits per heavy atom. The molecule has 98 valence electrons. The lowest BCUT2D eigenvalue weighted by Crippen LogP contribution is -2.38. The van der Waals surface area contributed by atoms with Gasteiger partial charge in [-0.25, -0.2) is 0 Å². The van der Waals surface area contributed by atoms with Gasteiger partial charge in [0.25, 0.3) is 0 Å². The second-order valence-electron chi connectivity index (χ2n) is 4.03. The van der Waals surface area contributed by atoms with Crippen molar-refractivity contribution in [2.75, 3.05) is 11.9 Å². The number of aromatic hydroxyl groups is 1. The summed E-state index contributed by atoms with van der Waals surface area (Å²) >= 11 is 0. The maximum atomic E-state index is 11.4. The van der Waals surface area contributed by atoms with Gasteiger partial charge in [0.2, 0.25) is 0 Å². The predicted molar refractivity (Wildman–Crippen MR) is 66.2 cm³/mol. The van der Waals surface area contributed by atoms with Crippen LogP contribution in [0.1, 0.15) is 12.5 Å². The maximum absolute atomic E-state index is 11.4. The van der Waals surface area contributed by atoms with Crippen LogP contribution < -0.4 is 10.6 Å². The minimum atomic E-state index is -0.894. The summed E-state index contributed by atoms with van der Waals surface area (Å²) in [6, 6.07) is 4.68. The van der Waals surface area contributed by atoms with E-state index >= 15 is 0 Å². The number of nitrogens with one attached hydrogen (secondary N) is 2. The van der Waals surface area contributed by atoms with E-state index in [1.54, 1.807) is 13.0 Å². The Balaban J connectivity index is 2.61. The van der Waals surface area contributed by atoms with Gasteiger partial charge in [0.1, 0.15) is 5.75 Å². The summed E-state index contributed by atoms with van der Waals surface area (Å²) in [4.78, 5) is 22.8. The van der Waals surface area contributed by atoms with Gasteiger partial charge in [-0.1, -0.05) is 6.07 Å². The van der Waals surface area contributed by atoms with Crippen LogP contribution in [0.2, 0.25) is 0 Å². The van der Waals surface area contributed by atoms with Crippen LogP contribution in [0.15, 0.2) is 18.2 Å². The van der Waals surface area contributed by atoms with Gasteiger partial charge in [-0.05, 0) is 31.5 Å². The molecule has 0 spiro atoms. The molecule has 6 heteroatoms. The van der Waals surface area contributed by atoms with Gasteiger partial charge >= 0.3 is 11.8 Å². The maximum Gasteiger partial charge on any atom is 0.313 e. The number of anilines is 1. The molecule has 0 radical (unpaired) electrons. The number of hydrogen-bond acceptors (Lipinski definition) is 4. The fourth-order valence-corrected chi connectivity index (χ4v) is 1.25. The molecule has 6 nitrogen and oxygen atoms in total. The van der Waals surface area contributed by atoms with Gasteiger partial charge in [0.15, 0.2) is 0 Å². The smallest absolute Gasteiger partial charge is 0.313 e. The van der Waals surface area contributed by atoms with Crippen molar-refractivity contribution in [3.05, 3.63) is 23.8 Å². The highest BCUT2D eigenvalue weighted by atomic mass is 16.3. The fraction of sp³-hybridized carbons (Fsp3) is 0.333. The van der Waals surface area contributed by atoms with Gasteiger partial charge in [-0.15, -0.1) is 0 Å². The third kappa shape index (κ3) is 4.06. The SMILES string of the molecule is Cc1ccc(NC(=O)C(=O)NCC(C)O)c(O)c1. The standard InChI is InChI=1S/C12H16N2O4/c1-7-3-4-9(10(16)5-7)14-12(18)11(17)13-6-8(2)15/h3-5,8,15-16H,6H2,1-2H3,(H,13,17)(H,14,18). The van der Waals surface area contributed by atoms with E-state index in [4.69, 9.17) is 5.11 Å². The zero-order valence-corrected chi connectivity index (χ0v) is 10.2. The molecule has 0 aromatic heterocycles. The van der Waals surface area contributed by atoms with E-state index in [9.17, 15) is 14.7 Å². The van der Waals surface area contributed by atoms with E-state index in [0.29, 0.717) is 0 Å². The third-order valence-corrected chi connectivity index (χ3v) is 2.17. The number of phenols is 1. The summed E-state index contributed by atoms with van der Waals surface area (Å²) in [5, 5.41) is 23.0. The number of hydrogen-bond donors (Lipinski definition) is 4. The largest absolute Gasteiger partial charge is 0.506 e. The number of amides is 2. The summed E-state index contributed by atoms with van der Waals surface area (Å²) in [5.41, 5.74) is 1.00. The van der Waals surface area contributed by atoms with Gasteiger partial charge in [0.05, 0.1) is 11.8 Å².